The summed E-state index contributed by atoms with van der Waals surface area (Å²) in [6.45, 7) is 0.199. The van der Waals surface area contributed by atoms with Crippen molar-refractivity contribution in [1.29, 1.82) is 0 Å². The first-order chi connectivity index (χ1) is 13.9. The topological polar surface area (TPSA) is 35.5 Å². The highest BCUT2D eigenvalue weighted by Gasteiger charge is 2.28. The number of ether oxygens (including phenoxy) is 2. The molecule has 0 aromatic heterocycles. The predicted molar refractivity (Wildman–Crippen MR) is 92.8 cm³/mol. The zero-order chi connectivity index (χ0) is 21.0. The van der Waals surface area contributed by atoms with E-state index in [1.165, 1.54) is 6.07 Å². The van der Waals surface area contributed by atoms with Crippen LogP contribution in [-0.2, 0) is 17.8 Å². The molecular weight excluding hydrogens is 395 g/mol. The summed E-state index contributed by atoms with van der Waals surface area (Å²) in [6.07, 6.45) is -0.509. The number of benzene rings is 3. The largest absolute Gasteiger partial charge is 0.489 e. The highest BCUT2D eigenvalue weighted by atomic mass is 19.2. The Labute approximate surface area is 162 Å². The average molecular weight is 408 g/mol. The molecule has 0 fully saturated rings. The molecule has 0 aliphatic heterocycles. The van der Waals surface area contributed by atoms with Gasteiger partial charge in [0, 0.05) is 5.56 Å². The summed E-state index contributed by atoms with van der Waals surface area (Å²) >= 11 is 0. The van der Waals surface area contributed by atoms with Gasteiger partial charge in [0.15, 0.2) is 0 Å². The number of carbonyl (C=O) groups is 1. The third-order valence-corrected chi connectivity index (χ3v) is 3.93. The summed E-state index contributed by atoms with van der Waals surface area (Å²) in [5, 5.41) is 0. The van der Waals surface area contributed by atoms with Gasteiger partial charge in [-0.25, -0.2) is 13.2 Å². The van der Waals surface area contributed by atoms with Crippen molar-refractivity contribution in [2.45, 2.75) is 13.0 Å². The molecule has 0 aliphatic rings. The fourth-order valence-corrected chi connectivity index (χ4v) is 2.51. The van der Waals surface area contributed by atoms with Gasteiger partial charge in [-0.2, -0.15) is 8.78 Å². The van der Waals surface area contributed by atoms with Crippen LogP contribution in [0.1, 0.15) is 11.1 Å². The summed E-state index contributed by atoms with van der Waals surface area (Å²) in [5.74, 6) is -13.7. The zero-order valence-electron chi connectivity index (χ0n) is 14.7. The second-order valence-corrected chi connectivity index (χ2v) is 5.93. The van der Waals surface area contributed by atoms with Gasteiger partial charge in [0.05, 0.1) is 6.42 Å². The van der Waals surface area contributed by atoms with Gasteiger partial charge in [0.1, 0.15) is 12.4 Å². The molecule has 150 valence electrons. The number of para-hydroxylation sites is 1. The van der Waals surface area contributed by atoms with Gasteiger partial charge in [0.2, 0.25) is 34.8 Å². The van der Waals surface area contributed by atoms with E-state index in [2.05, 4.69) is 4.74 Å². The molecule has 0 bridgehead atoms. The van der Waals surface area contributed by atoms with Crippen LogP contribution in [0.5, 0.6) is 11.5 Å². The van der Waals surface area contributed by atoms with Gasteiger partial charge >= 0.3 is 5.97 Å². The molecule has 0 heterocycles. The van der Waals surface area contributed by atoms with Gasteiger partial charge in [-0.15, -0.1) is 0 Å². The lowest BCUT2D eigenvalue weighted by Crippen LogP contribution is -2.16. The molecule has 0 atom stereocenters. The number of esters is 1. The van der Waals surface area contributed by atoms with E-state index in [0.717, 1.165) is 5.56 Å². The predicted octanol–water partition coefficient (Wildman–Crippen LogP) is 5.11. The lowest BCUT2D eigenvalue weighted by atomic mass is 10.1. The van der Waals surface area contributed by atoms with Crippen molar-refractivity contribution in [2.24, 2.45) is 0 Å². The third kappa shape index (κ3) is 4.53. The highest BCUT2D eigenvalue weighted by Crippen LogP contribution is 2.30. The Morgan fingerprint density at radius 3 is 1.93 bits per heavy atom. The van der Waals surface area contributed by atoms with Gasteiger partial charge in [-0.05, 0) is 11.6 Å². The van der Waals surface area contributed by atoms with E-state index in [-0.39, 0.29) is 6.61 Å². The molecule has 0 spiro atoms. The first-order valence-electron chi connectivity index (χ1n) is 8.35. The van der Waals surface area contributed by atoms with E-state index in [1.807, 2.05) is 30.3 Å². The smallest absolute Gasteiger partial charge is 0.316 e. The third-order valence-electron chi connectivity index (χ3n) is 3.93. The number of rotatable bonds is 6. The minimum Gasteiger partial charge on any atom is -0.489 e. The highest BCUT2D eigenvalue weighted by molar-refractivity contribution is 5.76. The van der Waals surface area contributed by atoms with Crippen molar-refractivity contribution in [3.63, 3.8) is 0 Å². The lowest BCUT2D eigenvalue weighted by Gasteiger charge is -2.12. The monoisotopic (exact) mass is 408 g/mol. The molecule has 0 saturated heterocycles. The van der Waals surface area contributed by atoms with Crippen LogP contribution in [-0.4, -0.2) is 5.97 Å². The van der Waals surface area contributed by atoms with Gasteiger partial charge < -0.3 is 9.47 Å². The molecule has 3 aromatic carbocycles. The molecule has 0 unspecified atom stereocenters. The molecule has 0 radical (unpaired) electrons. The molecule has 3 aromatic rings. The van der Waals surface area contributed by atoms with E-state index >= 15 is 0 Å². The van der Waals surface area contributed by atoms with Crippen molar-refractivity contribution in [3.05, 3.63) is 94.8 Å². The Morgan fingerprint density at radius 1 is 0.724 bits per heavy atom. The van der Waals surface area contributed by atoms with Crippen LogP contribution in [0.3, 0.4) is 0 Å². The number of hydrogen-bond acceptors (Lipinski definition) is 3. The maximum Gasteiger partial charge on any atom is 0.316 e. The maximum absolute atomic E-state index is 13.7. The lowest BCUT2D eigenvalue weighted by molar-refractivity contribution is -0.134. The van der Waals surface area contributed by atoms with Crippen LogP contribution in [0.4, 0.5) is 22.0 Å². The Kier molecular flexibility index (Phi) is 6.11. The van der Waals surface area contributed by atoms with Crippen LogP contribution >= 0.6 is 0 Å². The van der Waals surface area contributed by atoms with Crippen molar-refractivity contribution < 1.29 is 36.2 Å². The van der Waals surface area contributed by atoms with Crippen molar-refractivity contribution in [1.82, 2.24) is 0 Å². The Balaban J connectivity index is 1.75. The fourth-order valence-electron chi connectivity index (χ4n) is 2.51. The molecule has 0 aliphatic carbocycles. The number of hydrogen-bond donors (Lipinski definition) is 0. The van der Waals surface area contributed by atoms with Crippen LogP contribution in [0.15, 0.2) is 54.6 Å². The second-order valence-electron chi connectivity index (χ2n) is 5.93. The Hall–Kier alpha value is -3.42. The summed E-state index contributed by atoms with van der Waals surface area (Å²) in [7, 11) is 0. The molecular formula is C21H13F5O3. The van der Waals surface area contributed by atoms with Crippen LogP contribution in [0.2, 0.25) is 0 Å². The zero-order valence-corrected chi connectivity index (χ0v) is 14.7. The average Bonchev–Trinajstić information content (AvgIpc) is 2.74. The van der Waals surface area contributed by atoms with E-state index in [9.17, 15) is 26.7 Å². The van der Waals surface area contributed by atoms with Gasteiger partial charge in [0.25, 0.3) is 0 Å². The van der Waals surface area contributed by atoms with Crippen molar-refractivity contribution in [3.8, 4) is 11.5 Å². The second kappa shape index (κ2) is 8.72. The van der Waals surface area contributed by atoms with Crippen molar-refractivity contribution >= 4 is 5.97 Å². The Bertz CT molecular complexity index is 1010. The van der Waals surface area contributed by atoms with Crippen LogP contribution in [0, 0.1) is 29.1 Å². The van der Waals surface area contributed by atoms with Gasteiger partial charge in [-0.3, -0.25) is 4.79 Å². The van der Waals surface area contributed by atoms with Crippen molar-refractivity contribution in [2.75, 3.05) is 0 Å². The molecule has 0 N–H and O–H groups in total. The SMILES string of the molecule is O=C(Cc1ccccc1OCc1ccccc1)Oc1c(F)c(F)c(F)c(F)c1F. The molecule has 0 amide bonds. The number of halogens is 5. The minimum atomic E-state index is -2.33. The molecule has 0 saturated carbocycles. The summed E-state index contributed by atoms with van der Waals surface area (Å²) in [5.41, 5.74) is 1.18. The molecule has 8 heteroatoms. The summed E-state index contributed by atoms with van der Waals surface area (Å²) < 4.78 is 76.9. The summed E-state index contributed by atoms with van der Waals surface area (Å²) in [6, 6.07) is 15.5. The molecule has 3 nitrogen and oxygen atoms in total. The maximum atomic E-state index is 13.7. The van der Waals surface area contributed by atoms with Crippen LogP contribution in [0.25, 0.3) is 0 Å². The number of carbonyl (C=O) groups excluding carboxylic acids is 1. The molecule has 3 rings (SSSR count). The first kappa shape index (κ1) is 20.3. The molecule has 29 heavy (non-hydrogen) atoms. The van der Waals surface area contributed by atoms with Gasteiger partial charge in [-0.1, -0.05) is 48.5 Å². The quantitative estimate of drug-likeness (QED) is 0.187. The normalized spacial score (nSPS) is 10.7. The van der Waals surface area contributed by atoms with E-state index in [4.69, 9.17) is 4.74 Å². The first-order valence-corrected chi connectivity index (χ1v) is 8.35. The van der Waals surface area contributed by atoms with E-state index in [1.54, 1.807) is 18.2 Å². The van der Waals surface area contributed by atoms with E-state index < -0.39 is 47.2 Å². The van der Waals surface area contributed by atoms with E-state index in [0.29, 0.717) is 11.3 Å². The fraction of sp³-hybridized carbons (Fsp3) is 0.0952. The minimum absolute atomic E-state index is 0.199. The van der Waals surface area contributed by atoms with Crippen LogP contribution < -0.4 is 9.47 Å². The standard InChI is InChI=1S/C21H13F5O3/c22-16-17(23)19(25)21(20(26)18(16)24)29-15(27)10-13-8-4-5-9-14(13)28-11-12-6-2-1-3-7-12/h1-9H,10-11H2. The summed E-state index contributed by atoms with van der Waals surface area (Å²) in [4.78, 5) is 12.1. The Morgan fingerprint density at radius 2 is 1.28 bits per heavy atom.